The topological polar surface area (TPSA) is 21.3 Å². The summed E-state index contributed by atoms with van der Waals surface area (Å²) in [6, 6.07) is 10.2. The predicted octanol–water partition coefficient (Wildman–Crippen LogP) is 5.06. The second kappa shape index (κ2) is 17.4. The van der Waals surface area contributed by atoms with E-state index in [0.29, 0.717) is 6.61 Å². The van der Waals surface area contributed by atoms with Crippen LogP contribution in [-0.4, -0.2) is 6.61 Å². The molecule has 20 heavy (non-hydrogen) atoms. The predicted molar refractivity (Wildman–Crippen MR) is 90.4 cm³/mol. The zero-order valence-corrected chi connectivity index (χ0v) is 12.2. The van der Waals surface area contributed by atoms with Gasteiger partial charge >= 0.3 is 0 Å². The van der Waals surface area contributed by atoms with Crippen LogP contribution in [0.15, 0.2) is 66.8 Å². The fourth-order valence-corrected chi connectivity index (χ4v) is 1.21. The molecule has 0 unspecified atom stereocenters. The van der Waals surface area contributed by atoms with Gasteiger partial charge in [0, 0.05) is 6.54 Å². The number of hydrogen-bond acceptors (Lipinski definition) is 2. The molecule has 1 aromatic rings. The number of hydrogen-bond donors (Lipinski definition) is 1. The average molecular weight is 275 g/mol. The molecule has 0 amide bonds. The lowest BCUT2D eigenvalue weighted by Crippen LogP contribution is -2.13. The number of benzene rings is 1. The van der Waals surface area contributed by atoms with Crippen LogP contribution >= 0.6 is 0 Å². The van der Waals surface area contributed by atoms with Crippen LogP contribution in [0.25, 0.3) is 0 Å². The fourth-order valence-electron chi connectivity index (χ4n) is 1.21. The van der Waals surface area contributed by atoms with Gasteiger partial charge in [0.15, 0.2) is 0 Å². The highest BCUT2D eigenvalue weighted by Gasteiger charge is 1.88. The number of hydroxylamine groups is 1. The Morgan fingerprint density at radius 2 is 1.65 bits per heavy atom. The van der Waals surface area contributed by atoms with Crippen LogP contribution in [0.2, 0.25) is 0 Å². The van der Waals surface area contributed by atoms with Gasteiger partial charge in [0.25, 0.3) is 0 Å². The lowest BCUT2D eigenvalue weighted by atomic mass is 10.2. The van der Waals surface area contributed by atoms with Gasteiger partial charge in [-0.2, -0.15) is 5.48 Å². The third-order valence-electron chi connectivity index (χ3n) is 2.06. The van der Waals surface area contributed by atoms with E-state index in [2.05, 4.69) is 17.6 Å². The summed E-state index contributed by atoms with van der Waals surface area (Å²) in [5, 5.41) is 0. The molecule has 0 bridgehead atoms. The highest BCUT2D eigenvalue weighted by molar-refractivity contribution is 5.14. The molecule has 0 radical (unpaired) electrons. The van der Waals surface area contributed by atoms with E-state index in [1.54, 1.807) is 0 Å². The summed E-state index contributed by atoms with van der Waals surface area (Å²) < 4.78 is 0. The maximum absolute atomic E-state index is 5.26. The molecule has 0 fully saturated rings. The van der Waals surface area contributed by atoms with E-state index in [4.69, 9.17) is 4.84 Å². The molecule has 0 atom stereocenters. The molecule has 0 spiro atoms. The number of rotatable bonds is 7. The maximum atomic E-state index is 5.26. The molecule has 0 saturated heterocycles. The first-order chi connectivity index (χ1) is 9.43. The van der Waals surface area contributed by atoms with Gasteiger partial charge < -0.3 is 0 Å². The average Bonchev–Trinajstić information content (AvgIpc) is 2.49. The lowest BCUT2D eigenvalue weighted by molar-refractivity contribution is 0.0577. The van der Waals surface area contributed by atoms with Crippen molar-refractivity contribution in [3.8, 4) is 0 Å². The van der Waals surface area contributed by atoms with Crippen molar-refractivity contribution in [3.05, 3.63) is 72.4 Å². The van der Waals surface area contributed by atoms with Crippen LogP contribution in [0, 0.1) is 0 Å². The molecule has 112 valence electrons. The zero-order chi connectivity index (χ0) is 14.2. The Labute approximate surface area is 124 Å². The molecule has 1 N–H and O–H groups in total. The van der Waals surface area contributed by atoms with Crippen molar-refractivity contribution in [1.29, 1.82) is 0 Å². The van der Waals surface area contributed by atoms with Gasteiger partial charge in [-0.1, -0.05) is 88.1 Å². The highest BCUT2D eigenvalue weighted by Crippen LogP contribution is 1.96. The standard InChI is InChI=1S/C15H19NO.C2H6.CH4/c1-2-3-4-5-6-10-13-17-16-14-15-11-8-7-9-12-15;1-2;/h2-12,16H,13-14H2,1H3;1-2H3;1H4/b3-2-,5-4-,10-6+;;. The van der Waals surface area contributed by atoms with Crippen molar-refractivity contribution in [2.75, 3.05) is 6.61 Å². The summed E-state index contributed by atoms with van der Waals surface area (Å²) in [7, 11) is 0. The van der Waals surface area contributed by atoms with Gasteiger partial charge in [-0.25, -0.2) is 0 Å². The second-order valence-corrected chi connectivity index (χ2v) is 3.46. The third-order valence-corrected chi connectivity index (χ3v) is 2.06. The van der Waals surface area contributed by atoms with E-state index in [1.807, 2.05) is 75.4 Å². The minimum atomic E-state index is 0. The molecule has 1 rings (SSSR count). The Balaban J connectivity index is 0. The Bertz CT molecular complexity index is 366. The van der Waals surface area contributed by atoms with Gasteiger partial charge in [-0.3, -0.25) is 4.84 Å². The largest absolute Gasteiger partial charge is 0.297 e. The Morgan fingerprint density at radius 3 is 2.30 bits per heavy atom. The zero-order valence-electron chi connectivity index (χ0n) is 12.2. The van der Waals surface area contributed by atoms with Gasteiger partial charge in [-0.15, -0.1) is 0 Å². The van der Waals surface area contributed by atoms with Crippen molar-refractivity contribution in [2.24, 2.45) is 0 Å². The molecule has 0 aliphatic rings. The summed E-state index contributed by atoms with van der Waals surface area (Å²) in [6.45, 7) is 7.28. The Morgan fingerprint density at radius 1 is 1.00 bits per heavy atom. The number of allylic oxidation sites excluding steroid dienone is 5. The Kier molecular flexibility index (Phi) is 17.9. The molecular formula is C18H29NO. The smallest absolute Gasteiger partial charge is 0.0866 e. The summed E-state index contributed by atoms with van der Waals surface area (Å²) >= 11 is 0. The maximum Gasteiger partial charge on any atom is 0.0866 e. The van der Waals surface area contributed by atoms with Crippen LogP contribution in [-0.2, 0) is 11.4 Å². The van der Waals surface area contributed by atoms with Crippen LogP contribution in [0.3, 0.4) is 0 Å². The van der Waals surface area contributed by atoms with Crippen LogP contribution in [0.5, 0.6) is 0 Å². The van der Waals surface area contributed by atoms with Crippen LogP contribution in [0.4, 0.5) is 0 Å². The fraction of sp³-hybridized carbons (Fsp3) is 0.333. The third kappa shape index (κ3) is 12.8. The van der Waals surface area contributed by atoms with Crippen molar-refractivity contribution in [2.45, 2.75) is 34.7 Å². The van der Waals surface area contributed by atoms with Crippen molar-refractivity contribution < 1.29 is 4.84 Å². The molecule has 0 saturated carbocycles. The number of nitrogens with one attached hydrogen (secondary N) is 1. The van der Waals surface area contributed by atoms with E-state index < -0.39 is 0 Å². The minimum absolute atomic E-state index is 0. The summed E-state index contributed by atoms with van der Waals surface area (Å²) in [5.74, 6) is 0. The minimum Gasteiger partial charge on any atom is -0.297 e. The second-order valence-electron chi connectivity index (χ2n) is 3.46. The first-order valence-electron chi connectivity index (χ1n) is 6.76. The summed E-state index contributed by atoms with van der Waals surface area (Å²) in [5.41, 5.74) is 4.13. The quantitative estimate of drug-likeness (QED) is 0.427. The molecule has 0 aromatic heterocycles. The Hall–Kier alpha value is -1.64. The van der Waals surface area contributed by atoms with Crippen molar-refractivity contribution in [1.82, 2.24) is 5.48 Å². The highest BCUT2D eigenvalue weighted by atomic mass is 16.6. The lowest BCUT2D eigenvalue weighted by Gasteiger charge is -2.02. The van der Waals surface area contributed by atoms with E-state index in [9.17, 15) is 0 Å². The molecule has 1 aromatic carbocycles. The summed E-state index contributed by atoms with van der Waals surface area (Å²) in [4.78, 5) is 5.26. The molecule has 0 aliphatic heterocycles. The van der Waals surface area contributed by atoms with Crippen LogP contribution < -0.4 is 5.48 Å². The molecule has 0 aliphatic carbocycles. The van der Waals surface area contributed by atoms with E-state index >= 15 is 0 Å². The first kappa shape index (κ1) is 20.7. The van der Waals surface area contributed by atoms with Gasteiger partial charge in [-0.05, 0) is 12.5 Å². The van der Waals surface area contributed by atoms with Crippen molar-refractivity contribution in [3.63, 3.8) is 0 Å². The monoisotopic (exact) mass is 275 g/mol. The van der Waals surface area contributed by atoms with E-state index in [-0.39, 0.29) is 7.43 Å². The normalized spacial score (nSPS) is 10.6. The molecule has 2 nitrogen and oxygen atoms in total. The van der Waals surface area contributed by atoms with Crippen molar-refractivity contribution >= 4 is 0 Å². The van der Waals surface area contributed by atoms with Gasteiger partial charge in [0.2, 0.25) is 0 Å². The van der Waals surface area contributed by atoms with Gasteiger partial charge in [0.1, 0.15) is 0 Å². The molecule has 0 heterocycles. The van der Waals surface area contributed by atoms with Crippen LogP contribution in [0.1, 0.15) is 33.8 Å². The first-order valence-corrected chi connectivity index (χ1v) is 6.76. The van der Waals surface area contributed by atoms with Gasteiger partial charge in [0.05, 0.1) is 6.61 Å². The molecular weight excluding hydrogens is 246 g/mol. The SMILES string of the molecule is C.CC.C\C=C/C=C\C=C\CONCc1ccccc1. The summed E-state index contributed by atoms with van der Waals surface area (Å²) in [6.07, 6.45) is 11.8. The molecule has 2 heteroatoms. The van der Waals surface area contributed by atoms with E-state index in [0.717, 1.165) is 6.54 Å². The van der Waals surface area contributed by atoms with E-state index in [1.165, 1.54) is 5.56 Å².